The molecule has 5 heterocycles. The predicted molar refractivity (Wildman–Crippen MR) is 172 cm³/mol. The van der Waals surface area contributed by atoms with Crippen molar-refractivity contribution in [1.82, 2.24) is 4.48 Å². The zero-order chi connectivity index (χ0) is 26.5. The molecule has 0 atom stereocenters. The first-order chi connectivity index (χ1) is 19.5. The summed E-state index contributed by atoms with van der Waals surface area (Å²) < 4.78 is 5.48. The van der Waals surface area contributed by atoms with Gasteiger partial charge in [0.1, 0.15) is 0 Å². The lowest BCUT2D eigenvalue weighted by molar-refractivity contribution is 0.632. The zero-order valence-corrected chi connectivity index (χ0v) is 23.4. The number of fused-ring (bicyclic) bond motifs is 11. The van der Waals surface area contributed by atoms with Gasteiger partial charge >= 0.3 is 6.85 Å². The Balaban J connectivity index is 1.45. The molecule has 10 rings (SSSR count). The van der Waals surface area contributed by atoms with Gasteiger partial charge in [0, 0.05) is 43.3 Å². The number of para-hydroxylation sites is 3. The maximum Gasteiger partial charge on any atom is 0.333 e. The molecule has 0 saturated carbocycles. The number of thiophene rings is 1. The molecule has 0 amide bonds. The molecule has 0 radical (unpaired) electrons. The van der Waals surface area contributed by atoms with Gasteiger partial charge in [-0.3, -0.25) is 0 Å². The molecule has 188 valence electrons. The Bertz CT molecular complexity index is 2280. The smallest absolute Gasteiger partial charge is 0.333 e. The largest absolute Gasteiger partial charge is 0.374 e. The summed E-state index contributed by atoms with van der Waals surface area (Å²) in [5, 5.41) is 2.74. The number of hydrogen-bond acceptors (Lipinski definition) is 2. The van der Waals surface area contributed by atoms with E-state index < -0.39 is 0 Å². The van der Waals surface area contributed by atoms with E-state index >= 15 is 0 Å². The molecule has 0 spiro atoms. The molecule has 3 aliphatic heterocycles. The van der Waals surface area contributed by atoms with Crippen molar-refractivity contribution in [2.45, 2.75) is 26.2 Å². The zero-order valence-electron chi connectivity index (χ0n) is 22.6. The molecule has 2 aromatic heterocycles. The third kappa shape index (κ3) is 2.28. The van der Waals surface area contributed by atoms with Gasteiger partial charge < -0.3 is 9.38 Å². The average Bonchev–Trinajstić information content (AvgIpc) is 3.50. The van der Waals surface area contributed by atoms with Crippen LogP contribution in [-0.2, 0) is 5.41 Å². The van der Waals surface area contributed by atoms with Crippen LogP contribution in [0.3, 0.4) is 0 Å². The molecule has 7 aromatic rings. The molecular formula is C36H25BN2S. The molecule has 2 nitrogen and oxygen atoms in total. The lowest BCUT2D eigenvalue weighted by Crippen LogP contribution is -2.58. The first kappa shape index (κ1) is 21.5. The summed E-state index contributed by atoms with van der Waals surface area (Å²) in [7, 11) is 0. The van der Waals surface area contributed by atoms with Crippen LogP contribution in [0.1, 0.15) is 30.5 Å². The second-order valence-electron chi connectivity index (χ2n) is 12.2. The van der Waals surface area contributed by atoms with E-state index in [0.717, 1.165) is 0 Å². The topological polar surface area (TPSA) is 8.17 Å². The fourth-order valence-electron chi connectivity index (χ4n) is 8.17. The monoisotopic (exact) mass is 528 g/mol. The number of aromatic nitrogens is 1. The molecule has 0 saturated heterocycles. The molecule has 3 aliphatic rings. The first-order valence-electron chi connectivity index (χ1n) is 14.2. The lowest BCUT2D eigenvalue weighted by Gasteiger charge is -2.48. The second-order valence-corrected chi connectivity index (χ2v) is 13.3. The predicted octanol–water partition coefficient (Wildman–Crippen LogP) is 8.37. The van der Waals surface area contributed by atoms with Crippen LogP contribution in [0.2, 0.25) is 0 Å². The number of benzene rings is 5. The van der Waals surface area contributed by atoms with Gasteiger partial charge in [0.05, 0.1) is 15.9 Å². The van der Waals surface area contributed by atoms with E-state index in [1.807, 2.05) is 11.3 Å². The van der Waals surface area contributed by atoms with Crippen molar-refractivity contribution in [3.63, 3.8) is 0 Å². The lowest BCUT2D eigenvalue weighted by atomic mass is 9.44. The van der Waals surface area contributed by atoms with Crippen molar-refractivity contribution >= 4 is 77.4 Å². The highest BCUT2D eigenvalue weighted by Crippen LogP contribution is 2.54. The van der Waals surface area contributed by atoms with Gasteiger partial charge in [-0.25, -0.2) is 0 Å². The molecular weight excluding hydrogens is 503 g/mol. The van der Waals surface area contributed by atoms with Crippen LogP contribution in [-0.4, -0.2) is 11.3 Å². The highest BCUT2D eigenvalue weighted by Gasteiger charge is 2.48. The number of hydrogen-bond donors (Lipinski definition) is 0. The Morgan fingerprint density at radius 2 is 1.48 bits per heavy atom. The van der Waals surface area contributed by atoms with Crippen LogP contribution in [0.25, 0.3) is 42.3 Å². The Morgan fingerprint density at radius 3 is 2.40 bits per heavy atom. The SMILES string of the molecule is Cc1cc2c3c(c1)N1c4ccccc4C(C)(C)c4cccc(c41)B3n1c3c-2cccc3c2sc3ccccc3c21. The average molecular weight is 528 g/mol. The van der Waals surface area contributed by atoms with Crippen LogP contribution in [0.4, 0.5) is 17.1 Å². The van der Waals surface area contributed by atoms with Gasteiger partial charge in [0.2, 0.25) is 0 Å². The van der Waals surface area contributed by atoms with Crippen LogP contribution in [0.15, 0.2) is 97.1 Å². The van der Waals surface area contributed by atoms with E-state index in [-0.39, 0.29) is 12.3 Å². The van der Waals surface area contributed by atoms with Gasteiger partial charge in [0.15, 0.2) is 0 Å². The van der Waals surface area contributed by atoms with E-state index in [1.54, 1.807) is 0 Å². The van der Waals surface area contributed by atoms with Crippen molar-refractivity contribution < 1.29 is 0 Å². The summed E-state index contributed by atoms with van der Waals surface area (Å²) in [4.78, 5) is 2.59. The van der Waals surface area contributed by atoms with E-state index in [9.17, 15) is 0 Å². The fraction of sp³-hybridized carbons (Fsp3) is 0.111. The van der Waals surface area contributed by atoms with Crippen LogP contribution < -0.4 is 15.8 Å². The standard InChI is InChI=1S/C36H25BN2S/c1-20-18-24-21-11-8-12-23-32(21)39(33-22-10-4-7-17-30(22)40-35(23)33)37-27-15-9-14-26-34(27)38(29(19-20)31(24)37)28-16-6-5-13-25(28)36(26,2)3/h4-19H,1-3H3. The molecule has 5 aromatic carbocycles. The van der Waals surface area contributed by atoms with Crippen molar-refractivity contribution in [3.05, 3.63) is 114 Å². The van der Waals surface area contributed by atoms with Crippen LogP contribution in [0.5, 0.6) is 0 Å². The van der Waals surface area contributed by atoms with E-state index in [0.29, 0.717) is 0 Å². The van der Waals surface area contributed by atoms with Gasteiger partial charge in [-0.1, -0.05) is 92.7 Å². The summed E-state index contributed by atoms with van der Waals surface area (Å²) in [5.41, 5.74) is 16.3. The summed E-state index contributed by atoms with van der Waals surface area (Å²) >= 11 is 1.94. The van der Waals surface area contributed by atoms with E-state index in [2.05, 4.69) is 127 Å². The van der Waals surface area contributed by atoms with Crippen LogP contribution >= 0.6 is 11.3 Å². The van der Waals surface area contributed by atoms with Crippen LogP contribution in [0, 0.1) is 6.92 Å². The molecule has 4 heteroatoms. The minimum absolute atomic E-state index is 0.0917. The van der Waals surface area contributed by atoms with E-state index in [1.165, 1.54) is 87.0 Å². The van der Waals surface area contributed by atoms with Crippen molar-refractivity contribution in [2.24, 2.45) is 0 Å². The minimum atomic E-state index is -0.0917. The summed E-state index contributed by atoms with van der Waals surface area (Å²) in [6.45, 7) is 7.16. The van der Waals surface area contributed by atoms with Crippen molar-refractivity contribution in [3.8, 4) is 11.1 Å². The third-order valence-corrected chi connectivity index (χ3v) is 11.0. The van der Waals surface area contributed by atoms with Gasteiger partial charge in [-0.2, -0.15) is 0 Å². The first-order valence-corrected chi connectivity index (χ1v) is 15.0. The van der Waals surface area contributed by atoms with E-state index in [4.69, 9.17) is 0 Å². The molecule has 40 heavy (non-hydrogen) atoms. The number of rotatable bonds is 0. The Labute approximate surface area is 237 Å². The molecule has 0 unspecified atom stereocenters. The highest BCUT2D eigenvalue weighted by molar-refractivity contribution is 7.27. The second kappa shape index (κ2) is 6.89. The summed E-state index contributed by atoms with van der Waals surface area (Å²) in [6.07, 6.45) is 0. The Morgan fingerprint density at radius 1 is 0.700 bits per heavy atom. The maximum absolute atomic E-state index is 2.71. The third-order valence-electron chi connectivity index (χ3n) is 9.77. The minimum Gasteiger partial charge on any atom is -0.374 e. The van der Waals surface area contributed by atoms with Gasteiger partial charge in [0.25, 0.3) is 0 Å². The fourth-order valence-corrected chi connectivity index (χ4v) is 9.39. The number of nitrogens with zero attached hydrogens (tertiary/aromatic N) is 2. The molecule has 0 aliphatic carbocycles. The quantitative estimate of drug-likeness (QED) is 0.180. The van der Waals surface area contributed by atoms with Gasteiger partial charge in [-0.15, -0.1) is 11.3 Å². The number of aryl methyl sites for hydroxylation is 1. The summed E-state index contributed by atoms with van der Waals surface area (Å²) in [6, 6.07) is 36.8. The Kier molecular flexibility index (Phi) is 3.71. The molecule has 0 N–H and O–H groups in total. The van der Waals surface area contributed by atoms with Gasteiger partial charge in [-0.05, 0) is 58.3 Å². The number of anilines is 3. The highest BCUT2D eigenvalue weighted by atomic mass is 32.1. The van der Waals surface area contributed by atoms with Crippen molar-refractivity contribution in [1.29, 1.82) is 0 Å². The normalized spacial score (nSPS) is 15.5. The maximum atomic E-state index is 2.71. The Hall–Kier alpha value is -4.28. The molecule has 0 fully saturated rings. The summed E-state index contributed by atoms with van der Waals surface area (Å²) in [5.74, 6) is 0. The molecule has 0 bridgehead atoms. The van der Waals surface area contributed by atoms with Crippen molar-refractivity contribution in [2.75, 3.05) is 4.90 Å².